The van der Waals surface area contributed by atoms with Crippen LogP contribution in [0.3, 0.4) is 0 Å². The predicted octanol–water partition coefficient (Wildman–Crippen LogP) is 2.02. The van der Waals surface area contributed by atoms with Crippen molar-refractivity contribution in [2.24, 2.45) is 0 Å². The summed E-state index contributed by atoms with van der Waals surface area (Å²) in [5.74, 6) is -1.14. The van der Waals surface area contributed by atoms with Crippen molar-refractivity contribution in [3.63, 3.8) is 0 Å². The number of rotatable bonds is 4. The van der Waals surface area contributed by atoms with Crippen LogP contribution >= 0.6 is 11.3 Å². The fourth-order valence-electron chi connectivity index (χ4n) is 1.47. The van der Waals surface area contributed by atoms with Gasteiger partial charge in [-0.05, 0) is 11.4 Å². The first kappa shape index (κ1) is 13.7. The number of nitro groups is 1. The average Bonchev–Trinajstić information content (AvgIpc) is 3.06. The molecule has 0 unspecified atom stereocenters. The Kier molecular flexibility index (Phi) is 3.80. The fourth-order valence-corrected chi connectivity index (χ4v) is 2.23. The second kappa shape index (κ2) is 5.53. The van der Waals surface area contributed by atoms with Crippen LogP contribution in [0.1, 0.15) is 20.2 Å². The van der Waals surface area contributed by atoms with Crippen molar-refractivity contribution in [2.75, 3.05) is 12.4 Å². The minimum atomic E-state index is -0.613. The van der Waals surface area contributed by atoms with Crippen LogP contribution in [0.25, 0.3) is 0 Å². The SMILES string of the molecule is COC(=O)c1sccc1NC(=O)c1cc([N+](=O)[O-])c[nH]1. The third kappa shape index (κ3) is 2.67. The summed E-state index contributed by atoms with van der Waals surface area (Å²) >= 11 is 1.12. The zero-order chi connectivity index (χ0) is 14.7. The van der Waals surface area contributed by atoms with Gasteiger partial charge < -0.3 is 15.0 Å². The normalized spacial score (nSPS) is 10.1. The summed E-state index contributed by atoms with van der Waals surface area (Å²) < 4.78 is 4.58. The molecule has 2 aromatic rings. The topological polar surface area (TPSA) is 114 Å². The maximum absolute atomic E-state index is 11.9. The minimum absolute atomic E-state index is 0.0266. The first-order valence-corrected chi connectivity index (χ1v) is 6.21. The number of thiophene rings is 1. The van der Waals surface area contributed by atoms with Gasteiger partial charge in [0.05, 0.1) is 23.9 Å². The van der Waals surface area contributed by atoms with E-state index in [2.05, 4.69) is 15.0 Å². The van der Waals surface area contributed by atoms with Gasteiger partial charge in [-0.2, -0.15) is 0 Å². The van der Waals surface area contributed by atoms with Crippen molar-refractivity contribution >= 4 is 34.6 Å². The third-order valence-corrected chi connectivity index (χ3v) is 3.30. The highest BCUT2D eigenvalue weighted by Crippen LogP contribution is 2.24. The maximum atomic E-state index is 11.9. The maximum Gasteiger partial charge on any atom is 0.350 e. The van der Waals surface area contributed by atoms with E-state index in [9.17, 15) is 19.7 Å². The summed E-state index contributed by atoms with van der Waals surface area (Å²) in [6, 6.07) is 2.66. The predicted molar refractivity (Wildman–Crippen MR) is 71.1 cm³/mol. The number of carbonyl (C=O) groups is 2. The minimum Gasteiger partial charge on any atom is -0.465 e. The lowest BCUT2D eigenvalue weighted by Gasteiger charge is -2.03. The smallest absolute Gasteiger partial charge is 0.350 e. The average molecular weight is 295 g/mol. The molecule has 20 heavy (non-hydrogen) atoms. The number of esters is 1. The second-order valence-corrected chi connectivity index (χ2v) is 4.55. The number of amides is 1. The van der Waals surface area contributed by atoms with E-state index in [1.165, 1.54) is 7.11 Å². The summed E-state index contributed by atoms with van der Waals surface area (Å²) in [7, 11) is 1.24. The van der Waals surface area contributed by atoms with Crippen LogP contribution in [0, 0.1) is 10.1 Å². The van der Waals surface area contributed by atoms with Gasteiger partial charge in [-0.25, -0.2) is 4.79 Å². The molecule has 0 aliphatic rings. The molecule has 0 saturated carbocycles. The van der Waals surface area contributed by atoms with Crippen LogP contribution < -0.4 is 5.32 Å². The molecule has 0 radical (unpaired) electrons. The molecule has 0 spiro atoms. The first-order valence-electron chi connectivity index (χ1n) is 5.33. The Morgan fingerprint density at radius 1 is 1.50 bits per heavy atom. The fraction of sp³-hybridized carbons (Fsp3) is 0.0909. The van der Waals surface area contributed by atoms with Gasteiger partial charge in [0.15, 0.2) is 0 Å². The van der Waals surface area contributed by atoms with E-state index >= 15 is 0 Å². The Bertz CT molecular complexity index is 675. The van der Waals surface area contributed by atoms with Crippen molar-refractivity contribution in [1.29, 1.82) is 0 Å². The van der Waals surface area contributed by atoms with E-state index in [-0.39, 0.29) is 16.3 Å². The summed E-state index contributed by atoms with van der Waals surface area (Å²) in [4.78, 5) is 36.0. The molecule has 104 valence electrons. The number of aromatic nitrogens is 1. The molecule has 0 aliphatic heterocycles. The van der Waals surface area contributed by atoms with Gasteiger partial charge in [-0.15, -0.1) is 11.3 Å². The van der Waals surface area contributed by atoms with Gasteiger partial charge in [-0.1, -0.05) is 0 Å². The molecule has 1 amide bonds. The lowest BCUT2D eigenvalue weighted by molar-refractivity contribution is -0.384. The highest BCUT2D eigenvalue weighted by Gasteiger charge is 2.18. The molecule has 0 fully saturated rings. The zero-order valence-electron chi connectivity index (χ0n) is 10.2. The number of hydrogen-bond acceptors (Lipinski definition) is 6. The van der Waals surface area contributed by atoms with Crippen LogP contribution in [0.5, 0.6) is 0 Å². The van der Waals surface area contributed by atoms with Crippen molar-refractivity contribution in [1.82, 2.24) is 4.98 Å². The highest BCUT2D eigenvalue weighted by atomic mass is 32.1. The van der Waals surface area contributed by atoms with Crippen molar-refractivity contribution < 1.29 is 19.2 Å². The number of nitrogens with one attached hydrogen (secondary N) is 2. The molecule has 2 heterocycles. The number of anilines is 1. The standard InChI is InChI=1S/C11H9N3O5S/c1-19-11(16)9-7(2-3-20-9)13-10(15)8-4-6(5-12-8)14(17)18/h2-5,12H,1H3,(H,13,15). The summed E-state index contributed by atoms with van der Waals surface area (Å²) in [6.07, 6.45) is 1.11. The number of carbonyl (C=O) groups excluding carboxylic acids is 2. The molecule has 2 N–H and O–H groups in total. The lowest BCUT2D eigenvalue weighted by atomic mass is 10.3. The number of hydrogen-bond donors (Lipinski definition) is 2. The number of H-pyrrole nitrogens is 1. The largest absolute Gasteiger partial charge is 0.465 e. The van der Waals surface area contributed by atoms with E-state index in [1.54, 1.807) is 11.4 Å². The van der Waals surface area contributed by atoms with Gasteiger partial charge in [0, 0.05) is 6.07 Å². The first-order chi connectivity index (χ1) is 9.52. The molecule has 0 aromatic carbocycles. The van der Waals surface area contributed by atoms with Crippen molar-refractivity contribution in [2.45, 2.75) is 0 Å². The lowest BCUT2D eigenvalue weighted by Crippen LogP contribution is -2.14. The Morgan fingerprint density at radius 2 is 2.25 bits per heavy atom. The molecule has 0 aliphatic carbocycles. The van der Waals surface area contributed by atoms with E-state index in [0.717, 1.165) is 23.6 Å². The van der Waals surface area contributed by atoms with Crippen LogP contribution in [0.15, 0.2) is 23.7 Å². The molecule has 8 nitrogen and oxygen atoms in total. The molecular formula is C11H9N3O5S. The molecular weight excluding hydrogens is 286 g/mol. The molecule has 2 aromatic heterocycles. The Labute approximate surface area is 116 Å². The highest BCUT2D eigenvalue weighted by molar-refractivity contribution is 7.12. The molecule has 0 saturated heterocycles. The summed E-state index contributed by atoms with van der Waals surface area (Å²) in [5, 5.41) is 14.6. The van der Waals surface area contributed by atoms with E-state index in [0.29, 0.717) is 5.69 Å². The van der Waals surface area contributed by atoms with Crippen LogP contribution in [-0.2, 0) is 4.74 Å². The van der Waals surface area contributed by atoms with Gasteiger partial charge >= 0.3 is 5.97 Å². The molecule has 0 bridgehead atoms. The van der Waals surface area contributed by atoms with Gasteiger partial charge in [0.25, 0.3) is 11.6 Å². The third-order valence-electron chi connectivity index (χ3n) is 2.41. The summed E-state index contributed by atoms with van der Waals surface area (Å²) in [6.45, 7) is 0. The number of nitrogens with zero attached hydrogens (tertiary/aromatic N) is 1. The Morgan fingerprint density at radius 3 is 2.85 bits per heavy atom. The molecule has 9 heteroatoms. The van der Waals surface area contributed by atoms with E-state index < -0.39 is 16.8 Å². The Hall–Kier alpha value is -2.68. The number of methoxy groups -OCH3 is 1. The second-order valence-electron chi connectivity index (χ2n) is 3.64. The Balaban J connectivity index is 2.17. The summed E-state index contributed by atoms with van der Waals surface area (Å²) in [5.41, 5.74) is 0.108. The monoisotopic (exact) mass is 295 g/mol. The molecule has 0 atom stereocenters. The molecule has 2 rings (SSSR count). The van der Waals surface area contributed by atoms with Gasteiger partial charge in [-0.3, -0.25) is 14.9 Å². The number of aromatic amines is 1. The van der Waals surface area contributed by atoms with Crippen molar-refractivity contribution in [3.05, 3.63) is 44.4 Å². The zero-order valence-corrected chi connectivity index (χ0v) is 11.0. The van der Waals surface area contributed by atoms with Crippen molar-refractivity contribution in [3.8, 4) is 0 Å². The quantitative estimate of drug-likeness (QED) is 0.508. The van der Waals surface area contributed by atoms with Crippen LogP contribution in [-0.4, -0.2) is 28.9 Å². The van der Waals surface area contributed by atoms with E-state index in [4.69, 9.17) is 0 Å². The number of ether oxygens (including phenoxy) is 1. The van der Waals surface area contributed by atoms with Crippen LogP contribution in [0.4, 0.5) is 11.4 Å². The van der Waals surface area contributed by atoms with Gasteiger partial charge in [0.2, 0.25) is 0 Å². The van der Waals surface area contributed by atoms with Gasteiger partial charge in [0.1, 0.15) is 10.6 Å². The van der Waals surface area contributed by atoms with E-state index in [1.807, 2.05) is 0 Å². The van der Waals surface area contributed by atoms with Crippen LogP contribution in [0.2, 0.25) is 0 Å².